The molecule has 33 heavy (non-hydrogen) atoms. The number of phenolic OH excluding ortho intramolecular Hbond substituents is 1. The minimum Gasteiger partial charge on any atom is -0.507 e. The lowest BCUT2D eigenvalue weighted by molar-refractivity contribution is 0.161. The third-order valence-corrected chi connectivity index (χ3v) is 8.24. The summed E-state index contributed by atoms with van der Waals surface area (Å²) in [5, 5.41) is 16.7. The molecule has 0 unspecified atom stereocenters. The number of aryl methyl sites for hydroxylation is 2. The molecular weight excluding hydrogens is 416 g/mol. The molecule has 2 aliphatic rings. The third kappa shape index (κ3) is 2.73. The Bertz CT molecular complexity index is 1490. The van der Waals surface area contributed by atoms with Crippen molar-refractivity contribution in [3.63, 3.8) is 0 Å². The Balaban J connectivity index is 1.45. The minimum absolute atomic E-state index is 0.0291. The van der Waals surface area contributed by atoms with Gasteiger partial charge in [0.1, 0.15) is 5.75 Å². The van der Waals surface area contributed by atoms with Gasteiger partial charge in [-0.1, -0.05) is 0 Å². The molecule has 1 aromatic carbocycles. The van der Waals surface area contributed by atoms with E-state index in [9.17, 15) is 9.90 Å². The zero-order chi connectivity index (χ0) is 23.1. The highest BCUT2D eigenvalue weighted by molar-refractivity contribution is 5.90. The van der Waals surface area contributed by atoms with E-state index in [1.807, 2.05) is 43.1 Å². The van der Waals surface area contributed by atoms with Gasteiger partial charge in [0.2, 0.25) is 0 Å². The number of aromatic hydroxyl groups is 1. The van der Waals surface area contributed by atoms with Crippen LogP contribution in [0.1, 0.15) is 37.7 Å². The largest absolute Gasteiger partial charge is 0.507 e. The van der Waals surface area contributed by atoms with Crippen molar-refractivity contribution in [3.05, 3.63) is 46.6 Å². The molecule has 2 saturated carbocycles. The van der Waals surface area contributed by atoms with E-state index in [1.54, 1.807) is 10.9 Å². The van der Waals surface area contributed by atoms with E-state index in [0.29, 0.717) is 27.9 Å². The van der Waals surface area contributed by atoms with Crippen LogP contribution in [0.4, 0.5) is 0 Å². The Morgan fingerprint density at radius 1 is 1.18 bits per heavy atom. The predicted octanol–water partition coefficient (Wildman–Crippen LogP) is 3.33. The number of nitrogens with zero attached hydrogens (tertiary/aromatic N) is 6. The highest BCUT2D eigenvalue weighted by atomic mass is 16.3. The second kappa shape index (κ2) is 6.63. The molecule has 0 saturated heterocycles. The van der Waals surface area contributed by atoms with Crippen molar-refractivity contribution in [1.29, 1.82) is 0 Å². The zero-order valence-electron chi connectivity index (χ0n) is 19.5. The molecule has 0 atom stereocenters. The molecule has 6 rings (SSSR count). The fourth-order valence-electron chi connectivity index (χ4n) is 6.22. The van der Waals surface area contributed by atoms with Crippen molar-refractivity contribution in [3.8, 4) is 17.1 Å². The van der Waals surface area contributed by atoms with Crippen LogP contribution in [0.5, 0.6) is 5.75 Å². The molecule has 2 bridgehead atoms. The quantitative estimate of drug-likeness (QED) is 0.521. The molecule has 4 aromatic rings. The van der Waals surface area contributed by atoms with Crippen LogP contribution in [0.3, 0.4) is 0 Å². The van der Waals surface area contributed by atoms with Gasteiger partial charge in [-0.05, 0) is 65.3 Å². The van der Waals surface area contributed by atoms with E-state index in [2.05, 4.69) is 34.1 Å². The van der Waals surface area contributed by atoms with Gasteiger partial charge in [-0.2, -0.15) is 5.10 Å². The molecule has 2 fully saturated rings. The van der Waals surface area contributed by atoms with E-state index in [1.165, 1.54) is 0 Å². The summed E-state index contributed by atoms with van der Waals surface area (Å²) in [6, 6.07) is 3.76. The van der Waals surface area contributed by atoms with Gasteiger partial charge in [-0.3, -0.25) is 9.48 Å². The summed E-state index contributed by atoms with van der Waals surface area (Å²) >= 11 is 0. The maximum atomic E-state index is 13.5. The lowest BCUT2D eigenvalue weighted by Crippen LogP contribution is -2.40. The van der Waals surface area contributed by atoms with Gasteiger partial charge >= 0.3 is 0 Å². The van der Waals surface area contributed by atoms with Gasteiger partial charge in [-0.15, -0.1) is 0 Å². The lowest BCUT2D eigenvalue weighted by Gasteiger charge is -2.34. The van der Waals surface area contributed by atoms with Crippen LogP contribution >= 0.6 is 0 Å². The van der Waals surface area contributed by atoms with Crippen LogP contribution in [0, 0.1) is 6.92 Å². The number of phenols is 1. The number of hydrogen-bond donors (Lipinski definition) is 1. The number of hydrogen-bond acceptors (Lipinski definition) is 6. The lowest BCUT2D eigenvalue weighted by atomic mass is 9.90. The average molecular weight is 445 g/mol. The minimum atomic E-state index is -0.116. The summed E-state index contributed by atoms with van der Waals surface area (Å²) in [6.07, 6.45) is 10.7. The molecule has 1 N–H and O–H groups in total. The van der Waals surface area contributed by atoms with Crippen LogP contribution in [0.25, 0.3) is 33.2 Å². The number of aromatic nitrogens is 5. The summed E-state index contributed by atoms with van der Waals surface area (Å²) in [5.41, 5.74) is 2.63. The number of benzene rings is 1. The first-order chi connectivity index (χ1) is 15.7. The second-order valence-electron chi connectivity index (χ2n) is 10.1. The molecule has 8 nitrogen and oxygen atoms in total. The summed E-state index contributed by atoms with van der Waals surface area (Å²) in [6.45, 7) is 1.84. The van der Waals surface area contributed by atoms with Crippen LogP contribution in [-0.4, -0.2) is 54.0 Å². The molecule has 8 heteroatoms. The van der Waals surface area contributed by atoms with Crippen molar-refractivity contribution in [2.75, 3.05) is 14.1 Å². The average Bonchev–Trinajstić information content (AvgIpc) is 3.49. The molecule has 3 aromatic heterocycles. The Morgan fingerprint density at radius 2 is 1.94 bits per heavy atom. The maximum absolute atomic E-state index is 13.5. The predicted molar refractivity (Wildman–Crippen MR) is 127 cm³/mol. The number of pyridine rings is 1. The summed E-state index contributed by atoms with van der Waals surface area (Å²) in [7, 11) is 6.16. The van der Waals surface area contributed by atoms with Crippen molar-refractivity contribution < 1.29 is 5.11 Å². The van der Waals surface area contributed by atoms with Gasteiger partial charge in [0.15, 0.2) is 5.82 Å². The van der Waals surface area contributed by atoms with Crippen molar-refractivity contribution in [2.24, 2.45) is 7.05 Å². The van der Waals surface area contributed by atoms with Crippen LogP contribution in [0.2, 0.25) is 0 Å². The SMILES string of the molecule is Cc1c(O)c(-c2ncc3c(=O)n(C45CCC(N(C)C)(CC4)C5)ccc3n2)cc2cn(C)nc12. The summed E-state index contributed by atoms with van der Waals surface area (Å²) in [4.78, 5) is 25.0. The van der Waals surface area contributed by atoms with E-state index in [4.69, 9.17) is 0 Å². The first-order valence-corrected chi connectivity index (χ1v) is 11.5. The molecule has 0 aliphatic heterocycles. The van der Waals surface area contributed by atoms with E-state index >= 15 is 0 Å². The smallest absolute Gasteiger partial charge is 0.262 e. The Labute approximate surface area is 191 Å². The van der Waals surface area contributed by atoms with Gasteiger partial charge in [0.25, 0.3) is 5.56 Å². The molecule has 2 aliphatic carbocycles. The fraction of sp³-hybridized carbons (Fsp3) is 0.440. The topological polar surface area (TPSA) is 89.1 Å². The molecule has 0 spiro atoms. The monoisotopic (exact) mass is 444 g/mol. The molecule has 0 radical (unpaired) electrons. The third-order valence-electron chi connectivity index (χ3n) is 8.24. The van der Waals surface area contributed by atoms with E-state index in [-0.39, 0.29) is 22.4 Å². The van der Waals surface area contributed by atoms with Gasteiger partial charge in [0, 0.05) is 47.7 Å². The van der Waals surface area contributed by atoms with Crippen LogP contribution in [0.15, 0.2) is 35.5 Å². The highest BCUT2D eigenvalue weighted by Gasteiger charge is 2.56. The standard InChI is InChI=1S/C25H28N6O2/c1-15-20-16(13-30(4)28-20)11-17(21(15)32)22-26-12-18-19(27-22)5-10-31(23(18)33)25-8-6-24(14-25,7-9-25)29(2)3/h5,10-13,32H,6-9,14H2,1-4H3. The normalized spacial score (nSPS) is 24.5. The highest BCUT2D eigenvalue weighted by Crippen LogP contribution is 2.56. The van der Waals surface area contributed by atoms with Gasteiger partial charge in [-0.25, -0.2) is 9.97 Å². The molecule has 3 heterocycles. The van der Waals surface area contributed by atoms with Crippen molar-refractivity contribution >= 4 is 21.8 Å². The van der Waals surface area contributed by atoms with Gasteiger partial charge in [0.05, 0.1) is 22.0 Å². The van der Waals surface area contributed by atoms with Crippen molar-refractivity contribution in [1.82, 2.24) is 29.2 Å². The first kappa shape index (κ1) is 20.4. The van der Waals surface area contributed by atoms with Crippen LogP contribution < -0.4 is 5.56 Å². The molecular formula is C25H28N6O2. The molecule has 170 valence electrons. The van der Waals surface area contributed by atoms with Crippen LogP contribution in [-0.2, 0) is 12.6 Å². The zero-order valence-corrected chi connectivity index (χ0v) is 19.5. The first-order valence-electron chi connectivity index (χ1n) is 11.5. The number of rotatable bonds is 3. The second-order valence-corrected chi connectivity index (χ2v) is 10.1. The Morgan fingerprint density at radius 3 is 2.64 bits per heavy atom. The summed E-state index contributed by atoms with van der Waals surface area (Å²) in [5.74, 6) is 0.516. The maximum Gasteiger partial charge on any atom is 0.262 e. The Hall–Kier alpha value is -3.26. The van der Waals surface area contributed by atoms with E-state index < -0.39 is 0 Å². The van der Waals surface area contributed by atoms with E-state index in [0.717, 1.165) is 43.0 Å². The molecule has 0 amide bonds. The fourth-order valence-corrected chi connectivity index (χ4v) is 6.22. The van der Waals surface area contributed by atoms with Gasteiger partial charge < -0.3 is 14.6 Å². The summed E-state index contributed by atoms with van der Waals surface area (Å²) < 4.78 is 3.67. The van der Waals surface area contributed by atoms with Crippen molar-refractivity contribution in [2.45, 2.75) is 50.1 Å². The number of fused-ring (bicyclic) bond motifs is 4. The Kier molecular flexibility index (Phi) is 4.09.